The second kappa shape index (κ2) is 8.65. The zero-order valence-electron chi connectivity index (χ0n) is 13.7. The van der Waals surface area contributed by atoms with Gasteiger partial charge in [0.2, 0.25) is 5.91 Å². The summed E-state index contributed by atoms with van der Waals surface area (Å²) >= 11 is 0.723. The predicted molar refractivity (Wildman–Crippen MR) is 91.3 cm³/mol. The lowest BCUT2D eigenvalue weighted by molar-refractivity contribution is -0.120. The van der Waals surface area contributed by atoms with Crippen LogP contribution >= 0.6 is 11.8 Å². The number of alkyl halides is 3. The first-order chi connectivity index (χ1) is 11.3. The molecule has 0 spiro atoms. The summed E-state index contributed by atoms with van der Waals surface area (Å²) in [6, 6.07) is 6.94. The van der Waals surface area contributed by atoms with Crippen LogP contribution in [-0.4, -0.2) is 30.4 Å². The van der Waals surface area contributed by atoms with Crippen LogP contribution in [0.25, 0.3) is 0 Å². The molecule has 0 saturated heterocycles. The van der Waals surface area contributed by atoms with Crippen LogP contribution in [0.2, 0.25) is 0 Å². The molecule has 1 fully saturated rings. The number of halogens is 3. The largest absolute Gasteiger partial charge is 0.398 e. The molecule has 1 aromatic rings. The van der Waals surface area contributed by atoms with Crippen molar-refractivity contribution < 1.29 is 18.0 Å². The van der Waals surface area contributed by atoms with Crippen molar-refractivity contribution in [2.75, 3.05) is 17.6 Å². The Balaban J connectivity index is 1.86. The molecule has 1 amide bonds. The van der Waals surface area contributed by atoms with Gasteiger partial charge >= 0.3 is 6.18 Å². The minimum absolute atomic E-state index is 0.0623. The second-order valence-electron chi connectivity index (χ2n) is 6.19. The lowest BCUT2D eigenvalue weighted by Crippen LogP contribution is -2.43. The zero-order chi connectivity index (χ0) is 17.6. The molecule has 2 rings (SSSR count). The van der Waals surface area contributed by atoms with E-state index in [1.807, 2.05) is 0 Å². The fraction of sp³-hybridized carbons (Fsp3) is 0.588. The van der Waals surface area contributed by atoms with Crippen molar-refractivity contribution in [1.29, 1.82) is 0 Å². The average molecular weight is 360 g/mol. The Hall–Kier alpha value is -1.37. The second-order valence-corrected chi connectivity index (χ2v) is 7.21. The molecular weight excluding hydrogens is 337 g/mol. The molecule has 1 aliphatic carbocycles. The molecule has 0 bridgehead atoms. The predicted octanol–water partition coefficient (Wildman–Crippen LogP) is 4.45. The number of nitrogens with one attached hydrogen (secondary N) is 2. The average Bonchev–Trinajstić information content (AvgIpc) is 2.53. The summed E-state index contributed by atoms with van der Waals surface area (Å²) in [6.07, 6.45) is 0.224. The fourth-order valence-corrected chi connectivity index (χ4v) is 3.65. The smallest absolute Gasteiger partial charge is 0.375 e. The Morgan fingerprint density at radius 1 is 1.25 bits per heavy atom. The van der Waals surface area contributed by atoms with Crippen molar-refractivity contribution >= 4 is 23.4 Å². The Labute approximate surface area is 144 Å². The highest BCUT2D eigenvalue weighted by atomic mass is 32.2. The van der Waals surface area contributed by atoms with Gasteiger partial charge in [0.15, 0.2) is 0 Å². The zero-order valence-corrected chi connectivity index (χ0v) is 14.5. The molecule has 0 aliphatic heterocycles. The Kier molecular flexibility index (Phi) is 6.83. The van der Waals surface area contributed by atoms with E-state index < -0.39 is 11.9 Å². The summed E-state index contributed by atoms with van der Waals surface area (Å²) in [6.45, 7) is 2.20. The standard InChI is InChI=1S/C17H23F3N2OS/c1-12-6-2-3-7-13(12)22-16(23)10-21-14-8-4-5-9-15(14)24-11-17(18,19)20/h4-5,8-9,12-13,21H,2-3,6-7,10-11H2,1H3,(H,22,23)/t12-,13-/m1/s1. The molecule has 2 atom stereocenters. The van der Waals surface area contributed by atoms with Crippen LogP contribution in [0.4, 0.5) is 18.9 Å². The van der Waals surface area contributed by atoms with Gasteiger partial charge in [-0.2, -0.15) is 13.2 Å². The molecule has 7 heteroatoms. The summed E-state index contributed by atoms with van der Waals surface area (Å²) in [7, 11) is 0. The lowest BCUT2D eigenvalue weighted by Gasteiger charge is -2.29. The number of carbonyl (C=O) groups excluding carboxylic acids is 1. The highest BCUT2D eigenvalue weighted by molar-refractivity contribution is 7.99. The molecule has 134 valence electrons. The summed E-state index contributed by atoms with van der Waals surface area (Å²) in [5, 5.41) is 5.98. The van der Waals surface area contributed by atoms with E-state index in [0.717, 1.165) is 31.0 Å². The first-order valence-electron chi connectivity index (χ1n) is 8.17. The maximum Gasteiger partial charge on any atom is 0.398 e. The van der Waals surface area contributed by atoms with Crippen molar-refractivity contribution in [1.82, 2.24) is 5.32 Å². The first-order valence-corrected chi connectivity index (χ1v) is 9.15. The number of rotatable bonds is 6. The molecule has 1 saturated carbocycles. The van der Waals surface area contributed by atoms with Crippen molar-refractivity contribution in [3.63, 3.8) is 0 Å². The van der Waals surface area contributed by atoms with Crippen LogP contribution in [0, 0.1) is 5.92 Å². The maximum absolute atomic E-state index is 12.4. The van der Waals surface area contributed by atoms with Gasteiger partial charge in [0.05, 0.1) is 12.3 Å². The van der Waals surface area contributed by atoms with Crippen molar-refractivity contribution in [3.8, 4) is 0 Å². The Morgan fingerprint density at radius 2 is 1.96 bits per heavy atom. The Morgan fingerprint density at radius 3 is 2.67 bits per heavy atom. The monoisotopic (exact) mass is 360 g/mol. The van der Waals surface area contributed by atoms with E-state index in [-0.39, 0.29) is 18.5 Å². The van der Waals surface area contributed by atoms with E-state index in [0.29, 0.717) is 16.5 Å². The van der Waals surface area contributed by atoms with Gasteiger partial charge in [-0.05, 0) is 30.9 Å². The number of anilines is 1. The molecule has 3 nitrogen and oxygen atoms in total. The van der Waals surface area contributed by atoms with Crippen molar-refractivity contribution in [2.24, 2.45) is 5.92 Å². The van der Waals surface area contributed by atoms with Crippen LogP contribution in [-0.2, 0) is 4.79 Å². The van der Waals surface area contributed by atoms with Crippen LogP contribution in [0.3, 0.4) is 0 Å². The normalized spacial score (nSPS) is 21.3. The first kappa shape index (κ1) is 19.0. The minimum atomic E-state index is -4.22. The fourth-order valence-electron chi connectivity index (χ4n) is 2.86. The van der Waals surface area contributed by atoms with Gasteiger partial charge in [-0.15, -0.1) is 11.8 Å². The highest BCUT2D eigenvalue weighted by Crippen LogP contribution is 2.32. The minimum Gasteiger partial charge on any atom is -0.375 e. The van der Waals surface area contributed by atoms with E-state index in [4.69, 9.17) is 0 Å². The van der Waals surface area contributed by atoms with Crippen LogP contribution in [0.1, 0.15) is 32.6 Å². The third-order valence-corrected chi connectivity index (χ3v) is 5.31. The van der Waals surface area contributed by atoms with Gasteiger partial charge in [0.25, 0.3) is 0 Å². The van der Waals surface area contributed by atoms with Gasteiger partial charge in [0, 0.05) is 16.6 Å². The summed E-state index contributed by atoms with van der Waals surface area (Å²) in [4.78, 5) is 12.6. The summed E-state index contributed by atoms with van der Waals surface area (Å²) in [5.74, 6) is -0.598. The van der Waals surface area contributed by atoms with Gasteiger partial charge in [-0.25, -0.2) is 0 Å². The third kappa shape index (κ3) is 6.26. The van der Waals surface area contributed by atoms with Crippen LogP contribution in [0.15, 0.2) is 29.2 Å². The molecule has 0 unspecified atom stereocenters. The van der Waals surface area contributed by atoms with Crippen LogP contribution in [0.5, 0.6) is 0 Å². The van der Waals surface area contributed by atoms with Gasteiger partial charge < -0.3 is 10.6 Å². The summed E-state index contributed by atoms with van der Waals surface area (Å²) in [5.41, 5.74) is 0.554. The van der Waals surface area contributed by atoms with Crippen molar-refractivity contribution in [2.45, 2.75) is 49.7 Å². The van der Waals surface area contributed by atoms with Gasteiger partial charge in [-0.3, -0.25) is 4.79 Å². The number of hydrogen-bond acceptors (Lipinski definition) is 3. The van der Waals surface area contributed by atoms with E-state index in [1.54, 1.807) is 24.3 Å². The topological polar surface area (TPSA) is 41.1 Å². The molecule has 24 heavy (non-hydrogen) atoms. The SMILES string of the molecule is C[C@@H]1CCCC[C@H]1NC(=O)CNc1ccccc1SCC(F)(F)F. The van der Waals surface area contributed by atoms with Crippen molar-refractivity contribution in [3.05, 3.63) is 24.3 Å². The maximum atomic E-state index is 12.4. The molecule has 1 aliphatic rings. The number of hydrogen-bond donors (Lipinski definition) is 2. The van der Waals surface area contributed by atoms with E-state index in [1.165, 1.54) is 6.42 Å². The van der Waals surface area contributed by atoms with Crippen LogP contribution < -0.4 is 10.6 Å². The third-order valence-electron chi connectivity index (χ3n) is 4.18. The molecule has 2 N–H and O–H groups in total. The Bertz CT molecular complexity index is 551. The molecular formula is C17H23F3N2OS. The highest BCUT2D eigenvalue weighted by Gasteiger charge is 2.27. The molecule has 0 aromatic heterocycles. The molecule has 0 radical (unpaired) electrons. The number of carbonyl (C=O) groups is 1. The number of amides is 1. The number of benzene rings is 1. The molecule has 0 heterocycles. The van der Waals surface area contributed by atoms with E-state index >= 15 is 0 Å². The van der Waals surface area contributed by atoms with Gasteiger partial charge in [-0.1, -0.05) is 31.9 Å². The number of para-hydroxylation sites is 1. The lowest BCUT2D eigenvalue weighted by atomic mass is 9.86. The van der Waals surface area contributed by atoms with E-state index in [9.17, 15) is 18.0 Å². The number of thioether (sulfide) groups is 1. The summed E-state index contributed by atoms with van der Waals surface area (Å²) < 4.78 is 37.1. The van der Waals surface area contributed by atoms with E-state index in [2.05, 4.69) is 17.6 Å². The van der Waals surface area contributed by atoms with Gasteiger partial charge in [0.1, 0.15) is 0 Å². The molecule has 1 aromatic carbocycles. The quantitative estimate of drug-likeness (QED) is 0.737.